The Morgan fingerprint density at radius 2 is 2.00 bits per heavy atom. The summed E-state index contributed by atoms with van der Waals surface area (Å²) in [5.41, 5.74) is 0.409. The monoisotopic (exact) mass is 367 g/mol. The van der Waals surface area contributed by atoms with Gasteiger partial charge in [-0.3, -0.25) is 4.79 Å². The third-order valence-electron chi connectivity index (χ3n) is 3.31. The van der Waals surface area contributed by atoms with Crippen LogP contribution in [-0.2, 0) is 0 Å². The molecule has 0 radical (unpaired) electrons. The lowest BCUT2D eigenvalue weighted by Crippen LogP contribution is -2.28. The first-order valence-electron chi connectivity index (χ1n) is 7.39. The van der Waals surface area contributed by atoms with E-state index < -0.39 is 0 Å². The minimum absolute atomic E-state index is 0.261. The summed E-state index contributed by atoms with van der Waals surface area (Å²) in [6, 6.07) is 10.3. The number of carbonyl (C=O) groups excluding carboxylic acids is 1. The summed E-state index contributed by atoms with van der Waals surface area (Å²) >= 11 is 12.0. The van der Waals surface area contributed by atoms with Gasteiger partial charge in [0.1, 0.15) is 25.6 Å². The first-order chi connectivity index (χ1) is 11.6. The first kappa shape index (κ1) is 16.7. The zero-order valence-electron chi connectivity index (χ0n) is 12.7. The lowest BCUT2D eigenvalue weighted by Gasteiger charge is -2.20. The highest BCUT2D eigenvalue weighted by Crippen LogP contribution is 2.38. The highest BCUT2D eigenvalue weighted by atomic mass is 35.5. The van der Waals surface area contributed by atoms with Crippen molar-refractivity contribution in [3.63, 3.8) is 0 Å². The Balaban J connectivity index is 1.54. The lowest BCUT2D eigenvalue weighted by atomic mass is 10.2. The second kappa shape index (κ2) is 7.64. The predicted molar refractivity (Wildman–Crippen MR) is 91.7 cm³/mol. The quantitative estimate of drug-likeness (QED) is 0.820. The molecule has 0 saturated heterocycles. The number of ether oxygens (including phenoxy) is 3. The number of nitrogens with one attached hydrogen (secondary N) is 1. The Morgan fingerprint density at radius 3 is 2.83 bits per heavy atom. The van der Waals surface area contributed by atoms with Gasteiger partial charge in [-0.15, -0.1) is 0 Å². The molecule has 0 unspecified atom stereocenters. The van der Waals surface area contributed by atoms with E-state index in [1.54, 1.807) is 36.4 Å². The van der Waals surface area contributed by atoms with Gasteiger partial charge in [-0.1, -0.05) is 29.3 Å². The molecular formula is C17H15Cl2NO4. The molecule has 0 aliphatic carbocycles. The van der Waals surface area contributed by atoms with E-state index >= 15 is 0 Å². The van der Waals surface area contributed by atoms with E-state index in [1.807, 2.05) is 0 Å². The zero-order valence-corrected chi connectivity index (χ0v) is 14.2. The van der Waals surface area contributed by atoms with Crippen LogP contribution in [0.2, 0.25) is 10.0 Å². The maximum Gasteiger partial charge on any atom is 0.251 e. The van der Waals surface area contributed by atoms with Crippen molar-refractivity contribution in [1.29, 1.82) is 0 Å². The normalized spacial score (nSPS) is 12.6. The average Bonchev–Trinajstić information content (AvgIpc) is 2.58. The van der Waals surface area contributed by atoms with Crippen molar-refractivity contribution >= 4 is 29.1 Å². The molecule has 1 aliphatic heterocycles. The van der Waals surface area contributed by atoms with Gasteiger partial charge >= 0.3 is 0 Å². The summed E-state index contributed by atoms with van der Waals surface area (Å²) in [5.74, 6) is 1.35. The van der Waals surface area contributed by atoms with Crippen molar-refractivity contribution in [1.82, 2.24) is 5.32 Å². The highest BCUT2D eigenvalue weighted by molar-refractivity contribution is 6.32. The molecule has 5 nitrogen and oxygen atoms in total. The molecule has 2 aromatic carbocycles. The number of rotatable bonds is 5. The van der Waals surface area contributed by atoms with Crippen molar-refractivity contribution in [3.05, 3.63) is 52.0 Å². The number of amides is 1. The molecule has 0 fully saturated rings. The number of carbonyl (C=O) groups is 1. The molecule has 2 aromatic rings. The summed E-state index contributed by atoms with van der Waals surface area (Å²) in [6.07, 6.45) is 0. The number of halogens is 2. The van der Waals surface area contributed by atoms with Gasteiger partial charge in [-0.2, -0.15) is 0 Å². The van der Waals surface area contributed by atoms with Gasteiger partial charge in [-0.05, 0) is 30.3 Å². The summed E-state index contributed by atoms with van der Waals surface area (Å²) in [4.78, 5) is 12.2. The summed E-state index contributed by atoms with van der Waals surface area (Å²) < 4.78 is 16.4. The van der Waals surface area contributed by atoms with Crippen LogP contribution in [0.3, 0.4) is 0 Å². The molecule has 24 heavy (non-hydrogen) atoms. The van der Waals surface area contributed by atoms with E-state index in [2.05, 4.69) is 5.32 Å². The van der Waals surface area contributed by atoms with Crippen molar-refractivity contribution in [2.45, 2.75) is 0 Å². The molecule has 126 valence electrons. The molecule has 0 aromatic heterocycles. The van der Waals surface area contributed by atoms with Crippen molar-refractivity contribution in [2.24, 2.45) is 0 Å². The molecule has 1 N–H and O–H groups in total. The zero-order chi connectivity index (χ0) is 16.9. The van der Waals surface area contributed by atoms with E-state index in [4.69, 9.17) is 37.4 Å². The third kappa shape index (κ3) is 4.04. The Hall–Kier alpha value is -2.11. The van der Waals surface area contributed by atoms with Crippen LogP contribution in [0, 0.1) is 0 Å². The minimum Gasteiger partial charge on any atom is -0.492 e. The van der Waals surface area contributed by atoms with Crippen molar-refractivity contribution in [3.8, 4) is 17.2 Å². The van der Waals surface area contributed by atoms with Gasteiger partial charge < -0.3 is 19.5 Å². The molecule has 3 rings (SSSR count). The number of benzene rings is 2. The van der Waals surface area contributed by atoms with Crippen LogP contribution in [0.15, 0.2) is 36.4 Å². The van der Waals surface area contributed by atoms with Gasteiger partial charge in [0, 0.05) is 10.6 Å². The number of hydrogen-bond donors (Lipinski definition) is 1. The van der Waals surface area contributed by atoms with Crippen LogP contribution in [0.25, 0.3) is 0 Å². The molecule has 1 aliphatic rings. The Bertz CT molecular complexity index is 751. The van der Waals surface area contributed by atoms with E-state index in [0.29, 0.717) is 59.2 Å². The fraction of sp³-hybridized carbons (Fsp3) is 0.235. The second-order valence-corrected chi connectivity index (χ2v) is 5.89. The molecule has 7 heteroatoms. The Labute approximate surface area is 149 Å². The van der Waals surface area contributed by atoms with Crippen LogP contribution in [0.1, 0.15) is 10.4 Å². The fourth-order valence-corrected chi connectivity index (χ4v) is 2.68. The standard InChI is InChI=1S/C17H15Cl2NO4/c18-12-2-1-3-13(10-12)22-5-4-20-17(21)11-8-14(19)16-15(9-11)23-6-7-24-16/h1-3,8-10H,4-7H2,(H,20,21). The largest absolute Gasteiger partial charge is 0.492 e. The van der Waals surface area contributed by atoms with Crippen molar-refractivity contribution in [2.75, 3.05) is 26.4 Å². The maximum absolute atomic E-state index is 12.2. The lowest BCUT2D eigenvalue weighted by molar-refractivity contribution is 0.0945. The SMILES string of the molecule is O=C(NCCOc1cccc(Cl)c1)c1cc(Cl)c2c(c1)OCCO2. The molecule has 0 atom stereocenters. The molecule has 0 saturated carbocycles. The van der Waals surface area contributed by atoms with E-state index in [9.17, 15) is 4.79 Å². The van der Waals surface area contributed by atoms with E-state index in [-0.39, 0.29) is 5.91 Å². The summed E-state index contributed by atoms with van der Waals surface area (Å²) in [5, 5.41) is 3.72. The summed E-state index contributed by atoms with van der Waals surface area (Å²) in [7, 11) is 0. The number of fused-ring (bicyclic) bond motifs is 1. The van der Waals surface area contributed by atoms with E-state index in [1.165, 1.54) is 0 Å². The van der Waals surface area contributed by atoms with Crippen LogP contribution >= 0.6 is 23.2 Å². The smallest absolute Gasteiger partial charge is 0.251 e. The average molecular weight is 368 g/mol. The number of hydrogen-bond acceptors (Lipinski definition) is 4. The van der Waals surface area contributed by atoms with Gasteiger partial charge in [0.15, 0.2) is 11.5 Å². The maximum atomic E-state index is 12.2. The Morgan fingerprint density at radius 1 is 1.17 bits per heavy atom. The second-order valence-electron chi connectivity index (χ2n) is 5.04. The first-order valence-corrected chi connectivity index (χ1v) is 8.15. The van der Waals surface area contributed by atoms with Gasteiger partial charge in [0.2, 0.25) is 0 Å². The third-order valence-corrected chi connectivity index (χ3v) is 3.83. The van der Waals surface area contributed by atoms with Crippen LogP contribution in [0.4, 0.5) is 0 Å². The fourth-order valence-electron chi connectivity index (χ4n) is 2.23. The van der Waals surface area contributed by atoms with E-state index in [0.717, 1.165) is 0 Å². The van der Waals surface area contributed by atoms with Gasteiger partial charge in [-0.25, -0.2) is 0 Å². The topological polar surface area (TPSA) is 56.8 Å². The van der Waals surface area contributed by atoms with Gasteiger partial charge in [0.25, 0.3) is 5.91 Å². The van der Waals surface area contributed by atoms with Crippen LogP contribution in [-0.4, -0.2) is 32.3 Å². The molecule has 1 amide bonds. The summed E-state index contributed by atoms with van der Waals surface area (Å²) in [6.45, 7) is 1.54. The van der Waals surface area contributed by atoms with Crippen LogP contribution < -0.4 is 19.5 Å². The predicted octanol–water partition coefficient (Wildman–Crippen LogP) is 3.57. The molecule has 0 spiro atoms. The molecule has 1 heterocycles. The molecular weight excluding hydrogens is 353 g/mol. The van der Waals surface area contributed by atoms with Crippen LogP contribution in [0.5, 0.6) is 17.2 Å². The minimum atomic E-state index is -0.261. The molecule has 0 bridgehead atoms. The Kier molecular flexibility index (Phi) is 5.33. The highest BCUT2D eigenvalue weighted by Gasteiger charge is 2.19. The van der Waals surface area contributed by atoms with Gasteiger partial charge in [0.05, 0.1) is 11.6 Å². The van der Waals surface area contributed by atoms with Crippen molar-refractivity contribution < 1.29 is 19.0 Å².